The van der Waals surface area contributed by atoms with Gasteiger partial charge in [0.15, 0.2) is 16.6 Å². The standard InChI is InChI=1S/C25H19N3O5S2/c29-24(18-7-9-22-23(13-18)33-15-32-22)27-25-26-20(14-34-25)16-6-8-21-17(12-16)10-11-28(21)35(30,31)19-4-2-1-3-5-19/h1-9,12-14H,10-11,15H2,(H,26,27,29). The van der Waals surface area contributed by atoms with Crippen LogP contribution in [0, 0.1) is 0 Å². The Bertz CT molecular complexity index is 1550. The van der Waals surface area contributed by atoms with Gasteiger partial charge in [-0.15, -0.1) is 11.3 Å². The molecule has 8 nitrogen and oxygen atoms in total. The minimum atomic E-state index is -3.61. The zero-order valence-corrected chi connectivity index (χ0v) is 19.9. The smallest absolute Gasteiger partial charge is 0.264 e. The second-order valence-corrected chi connectivity index (χ2v) is 10.8. The fourth-order valence-corrected chi connectivity index (χ4v) is 6.41. The molecule has 0 radical (unpaired) electrons. The van der Waals surface area contributed by atoms with Crippen LogP contribution < -0.4 is 19.1 Å². The van der Waals surface area contributed by atoms with Crippen molar-refractivity contribution in [3.63, 3.8) is 0 Å². The Morgan fingerprint density at radius 1 is 1.00 bits per heavy atom. The molecule has 3 aromatic carbocycles. The summed E-state index contributed by atoms with van der Waals surface area (Å²) < 4.78 is 38.3. The number of fused-ring (bicyclic) bond motifs is 2. The molecule has 2 aliphatic rings. The summed E-state index contributed by atoms with van der Waals surface area (Å²) in [5.74, 6) is 0.865. The van der Waals surface area contributed by atoms with E-state index < -0.39 is 10.0 Å². The highest BCUT2D eigenvalue weighted by atomic mass is 32.2. The quantitative estimate of drug-likeness (QED) is 0.428. The molecule has 176 valence electrons. The first-order valence-corrected chi connectivity index (χ1v) is 13.2. The molecule has 0 unspecified atom stereocenters. The normalized spacial score (nSPS) is 14.1. The molecular weight excluding hydrogens is 486 g/mol. The van der Waals surface area contributed by atoms with Crippen LogP contribution in [0.15, 0.2) is 77.0 Å². The minimum Gasteiger partial charge on any atom is -0.454 e. The maximum Gasteiger partial charge on any atom is 0.264 e. The Labute approximate surface area is 205 Å². The molecule has 1 N–H and O–H groups in total. The van der Waals surface area contributed by atoms with Crippen LogP contribution in [0.1, 0.15) is 15.9 Å². The second-order valence-electron chi connectivity index (χ2n) is 8.04. The molecule has 1 aromatic heterocycles. The summed E-state index contributed by atoms with van der Waals surface area (Å²) in [6, 6.07) is 19.1. The molecule has 0 spiro atoms. The van der Waals surface area contributed by atoms with E-state index in [9.17, 15) is 13.2 Å². The number of amides is 1. The molecule has 0 saturated heterocycles. The molecule has 2 aliphatic heterocycles. The van der Waals surface area contributed by atoms with Gasteiger partial charge in [0.25, 0.3) is 15.9 Å². The van der Waals surface area contributed by atoms with Crippen LogP contribution in [0.3, 0.4) is 0 Å². The van der Waals surface area contributed by atoms with E-state index in [0.29, 0.717) is 46.5 Å². The Kier molecular flexibility index (Phi) is 5.19. The van der Waals surface area contributed by atoms with Crippen LogP contribution in [0.5, 0.6) is 11.5 Å². The fraction of sp³-hybridized carbons (Fsp3) is 0.120. The molecule has 1 amide bonds. The van der Waals surface area contributed by atoms with Crippen LogP contribution in [0.2, 0.25) is 0 Å². The van der Waals surface area contributed by atoms with Gasteiger partial charge >= 0.3 is 0 Å². The summed E-state index contributed by atoms with van der Waals surface area (Å²) in [7, 11) is -3.61. The lowest BCUT2D eigenvalue weighted by molar-refractivity contribution is 0.102. The average Bonchev–Trinajstić information content (AvgIpc) is 3.63. The Morgan fingerprint density at radius 3 is 2.69 bits per heavy atom. The highest BCUT2D eigenvalue weighted by Gasteiger charge is 2.31. The van der Waals surface area contributed by atoms with E-state index in [1.807, 2.05) is 23.6 Å². The third-order valence-electron chi connectivity index (χ3n) is 5.92. The molecule has 35 heavy (non-hydrogen) atoms. The molecule has 0 aliphatic carbocycles. The van der Waals surface area contributed by atoms with Crippen molar-refractivity contribution in [1.82, 2.24) is 4.98 Å². The third-order valence-corrected chi connectivity index (χ3v) is 8.50. The van der Waals surface area contributed by atoms with Gasteiger partial charge in [0.05, 0.1) is 16.3 Å². The molecule has 3 heterocycles. The van der Waals surface area contributed by atoms with Crippen molar-refractivity contribution >= 4 is 38.1 Å². The zero-order chi connectivity index (χ0) is 24.0. The van der Waals surface area contributed by atoms with Crippen molar-refractivity contribution in [2.75, 3.05) is 23.0 Å². The number of carbonyl (C=O) groups excluding carboxylic acids is 1. The van der Waals surface area contributed by atoms with E-state index in [0.717, 1.165) is 11.1 Å². The van der Waals surface area contributed by atoms with Crippen LogP contribution in [0.25, 0.3) is 11.3 Å². The van der Waals surface area contributed by atoms with Crippen LogP contribution in [-0.4, -0.2) is 32.6 Å². The van der Waals surface area contributed by atoms with E-state index in [-0.39, 0.29) is 17.6 Å². The number of hydrogen-bond donors (Lipinski definition) is 1. The number of thiazole rings is 1. The third kappa shape index (κ3) is 3.90. The lowest BCUT2D eigenvalue weighted by Gasteiger charge is -2.19. The Morgan fingerprint density at radius 2 is 1.83 bits per heavy atom. The van der Waals surface area contributed by atoms with Gasteiger partial charge in [-0.25, -0.2) is 13.4 Å². The van der Waals surface area contributed by atoms with Gasteiger partial charge in [0.1, 0.15) is 0 Å². The average molecular weight is 506 g/mol. The van der Waals surface area contributed by atoms with Crippen molar-refractivity contribution in [2.24, 2.45) is 0 Å². The van der Waals surface area contributed by atoms with E-state index in [1.54, 1.807) is 48.5 Å². The van der Waals surface area contributed by atoms with Crippen LogP contribution >= 0.6 is 11.3 Å². The van der Waals surface area contributed by atoms with E-state index >= 15 is 0 Å². The Balaban J connectivity index is 1.21. The number of nitrogens with zero attached hydrogens (tertiary/aromatic N) is 2. The summed E-state index contributed by atoms with van der Waals surface area (Å²) in [5.41, 5.74) is 3.65. The number of nitrogens with one attached hydrogen (secondary N) is 1. The lowest BCUT2D eigenvalue weighted by atomic mass is 10.1. The van der Waals surface area contributed by atoms with E-state index in [4.69, 9.17) is 9.47 Å². The summed E-state index contributed by atoms with van der Waals surface area (Å²) in [5, 5.41) is 5.16. The maximum absolute atomic E-state index is 13.1. The van der Waals surface area contributed by atoms with Gasteiger partial charge in [-0.2, -0.15) is 0 Å². The van der Waals surface area contributed by atoms with Crippen molar-refractivity contribution in [3.05, 3.63) is 83.2 Å². The van der Waals surface area contributed by atoms with Crippen LogP contribution in [-0.2, 0) is 16.4 Å². The summed E-state index contributed by atoms with van der Waals surface area (Å²) in [6.45, 7) is 0.539. The van der Waals surface area contributed by atoms with Gasteiger partial charge in [0.2, 0.25) is 6.79 Å². The van der Waals surface area contributed by atoms with Gasteiger partial charge in [-0.1, -0.05) is 24.3 Å². The number of ether oxygens (including phenoxy) is 2. The first-order chi connectivity index (χ1) is 17.0. The van der Waals surface area contributed by atoms with Gasteiger partial charge in [-0.05, 0) is 54.4 Å². The topological polar surface area (TPSA) is 97.8 Å². The molecule has 0 fully saturated rings. The molecule has 0 saturated carbocycles. The monoisotopic (exact) mass is 505 g/mol. The highest BCUT2D eigenvalue weighted by molar-refractivity contribution is 7.92. The predicted molar refractivity (Wildman–Crippen MR) is 133 cm³/mol. The SMILES string of the molecule is O=C(Nc1nc(-c2ccc3c(c2)CCN3S(=O)(=O)c2ccccc2)cs1)c1ccc2c(c1)OCO2. The highest BCUT2D eigenvalue weighted by Crippen LogP contribution is 2.37. The van der Waals surface area contributed by atoms with Crippen molar-refractivity contribution in [1.29, 1.82) is 0 Å². The lowest BCUT2D eigenvalue weighted by Crippen LogP contribution is -2.29. The van der Waals surface area contributed by atoms with Gasteiger partial charge < -0.3 is 9.47 Å². The zero-order valence-electron chi connectivity index (χ0n) is 18.3. The van der Waals surface area contributed by atoms with Crippen LogP contribution in [0.4, 0.5) is 10.8 Å². The molecule has 10 heteroatoms. The van der Waals surface area contributed by atoms with E-state index in [1.165, 1.54) is 15.6 Å². The minimum absolute atomic E-state index is 0.146. The van der Waals surface area contributed by atoms with Crippen molar-refractivity contribution < 1.29 is 22.7 Å². The number of rotatable bonds is 5. The molecule has 0 bridgehead atoms. The largest absolute Gasteiger partial charge is 0.454 e. The fourth-order valence-electron chi connectivity index (χ4n) is 4.17. The Hall–Kier alpha value is -3.89. The first-order valence-electron chi connectivity index (χ1n) is 10.9. The first kappa shape index (κ1) is 21.6. The summed E-state index contributed by atoms with van der Waals surface area (Å²) in [6.07, 6.45) is 0.618. The summed E-state index contributed by atoms with van der Waals surface area (Å²) >= 11 is 1.32. The summed E-state index contributed by atoms with van der Waals surface area (Å²) in [4.78, 5) is 17.5. The number of anilines is 2. The molecular formula is C25H19N3O5S2. The number of carbonyl (C=O) groups is 1. The number of benzene rings is 3. The van der Waals surface area contributed by atoms with Gasteiger partial charge in [0, 0.05) is 23.1 Å². The second kappa shape index (κ2) is 8.40. The van der Waals surface area contributed by atoms with Gasteiger partial charge in [-0.3, -0.25) is 14.4 Å². The van der Waals surface area contributed by atoms with Crippen molar-refractivity contribution in [2.45, 2.75) is 11.3 Å². The van der Waals surface area contributed by atoms with Crippen molar-refractivity contribution in [3.8, 4) is 22.8 Å². The molecule has 4 aromatic rings. The maximum atomic E-state index is 13.1. The van der Waals surface area contributed by atoms with E-state index in [2.05, 4.69) is 10.3 Å². The molecule has 6 rings (SSSR count). The number of sulfonamides is 1. The number of hydrogen-bond acceptors (Lipinski definition) is 7. The molecule has 0 atom stereocenters. The predicted octanol–water partition coefficient (Wildman–Crippen LogP) is 4.54. The number of aromatic nitrogens is 1.